The third kappa shape index (κ3) is 2.82. The molecule has 0 aliphatic rings. The Balaban J connectivity index is 2.03. The van der Waals surface area contributed by atoms with Gasteiger partial charge in [0.15, 0.2) is 0 Å². The van der Waals surface area contributed by atoms with Crippen molar-refractivity contribution in [2.75, 3.05) is 20.3 Å². The van der Waals surface area contributed by atoms with E-state index in [-0.39, 0.29) is 12.6 Å². The summed E-state index contributed by atoms with van der Waals surface area (Å²) < 4.78 is 6.84. The maximum atomic E-state index is 9.14. The van der Waals surface area contributed by atoms with E-state index in [0.717, 1.165) is 11.1 Å². The molecule has 1 unspecified atom stereocenters. The van der Waals surface area contributed by atoms with Gasteiger partial charge in [-0.2, -0.15) is 5.10 Å². The second kappa shape index (κ2) is 5.77. The van der Waals surface area contributed by atoms with Crippen LogP contribution in [0.1, 0.15) is 5.56 Å². The Morgan fingerprint density at radius 1 is 1.53 bits per heavy atom. The van der Waals surface area contributed by atoms with Crippen LogP contribution in [-0.4, -0.2) is 41.1 Å². The Labute approximate surface area is 100 Å². The number of aromatic nitrogens is 2. The number of hydrogen-bond acceptors (Lipinski definition) is 4. The summed E-state index contributed by atoms with van der Waals surface area (Å²) >= 11 is 0. The summed E-state index contributed by atoms with van der Waals surface area (Å²) in [5, 5.41) is 16.6. The van der Waals surface area contributed by atoms with Crippen molar-refractivity contribution < 1.29 is 9.84 Å². The lowest BCUT2D eigenvalue weighted by atomic mass is 10.2. The lowest BCUT2D eigenvalue weighted by Gasteiger charge is -2.14. The molecule has 0 aromatic carbocycles. The van der Waals surface area contributed by atoms with Crippen molar-refractivity contribution in [3.05, 3.63) is 36.2 Å². The zero-order valence-corrected chi connectivity index (χ0v) is 9.84. The van der Waals surface area contributed by atoms with E-state index in [1.54, 1.807) is 7.11 Å². The van der Waals surface area contributed by atoms with E-state index in [2.05, 4.69) is 10.4 Å². The molecule has 5 heteroatoms. The topological polar surface area (TPSA) is 58.8 Å². The number of aliphatic hydroxyl groups is 1. The van der Waals surface area contributed by atoms with Crippen molar-refractivity contribution >= 4 is 5.52 Å². The normalized spacial score (nSPS) is 13.1. The van der Waals surface area contributed by atoms with Gasteiger partial charge in [-0.3, -0.25) is 0 Å². The van der Waals surface area contributed by atoms with Crippen molar-refractivity contribution in [1.82, 2.24) is 14.9 Å². The summed E-state index contributed by atoms with van der Waals surface area (Å²) in [4.78, 5) is 0. The molecule has 0 aliphatic heterocycles. The monoisotopic (exact) mass is 235 g/mol. The minimum atomic E-state index is -0.0429. The van der Waals surface area contributed by atoms with E-state index in [9.17, 15) is 0 Å². The van der Waals surface area contributed by atoms with Crippen molar-refractivity contribution in [1.29, 1.82) is 0 Å². The van der Waals surface area contributed by atoms with Gasteiger partial charge in [-0.05, 0) is 12.1 Å². The predicted molar refractivity (Wildman–Crippen MR) is 64.8 cm³/mol. The summed E-state index contributed by atoms with van der Waals surface area (Å²) in [7, 11) is 1.62. The summed E-state index contributed by atoms with van der Waals surface area (Å²) in [6.07, 6.45) is 3.75. The standard InChI is InChI=1S/C12H17N3O2/c1-17-9-11(8-16)13-6-10-7-14-15-5-3-2-4-12(10)15/h2-5,7,11,13,16H,6,8-9H2,1H3. The van der Waals surface area contributed by atoms with Crippen molar-refractivity contribution in [3.63, 3.8) is 0 Å². The van der Waals surface area contributed by atoms with E-state index in [4.69, 9.17) is 9.84 Å². The van der Waals surface area contributed by atoms with Crippen LogP contribution < -0.4 is 5.32 Å². The van der Waals surface area contributed by atoms with Crippen LogP contribution >= 0.6 is 0 Å². The van der Waals surface area contributed by atoms with Gasteiger partial charge >= 0.3 is 0 Å². The first-order chi connectivity index (χ1) is 8.35. The fourth-order valence-electron chi connectivity index (χ4n) is 1.76. The van der Waals surface area contributed by atoms with E-state index >= 15 is 0 Å². The van der Waals surface area contributed by atoms with Crippen molar-refractivity contribution in [2.45, 2.75) is 12.6 Å². The average Bonchev–Trinajstić information content (AvgIpc) is 2.78. The number of hydrogen-bond donors (Lipinski definition) is 2. The molecule has 0 saturated carbocycles. The molecule has 2 aromatic heterocycles. The highest BCUT2D eigenvalue weighted by Crippen LogP contribution is 2.09. The molecular formula is C12H17N3O2. The lowest BCUT2D eigenvalue weighted by molar-refractivity contribution is 0.128. The van der Waals surface area contributed by atoms with E-state index in [1.807, 2.05) is 35.1 Å². The number of aliphatic hydroxyl groups excluding tert-OH is 1. The molecule has 0 fully saturated rings. The minimum absolute atomic E-state index is 0.0429. The Bertz CT molecular complexity index is 469. The molecule has 2 heterocycles. The summed E-state index contributed by atoms with van der Waals surface area (Å²) in [5.74, 6) is 0. The van der Waals surface area contributed by atoms with Crippen molar-refractivity contribution in [2.24, 2.45) is 0 Å². The Morgan fingerprint density at radius 3 is 3.18 bits per heavy atom. The van der Waals surface area contributed by atoms with Gasteiger partial charge in [-0.15, -0.1) is 0 Å². The van der Waals surface area contributed by atoms with Crippen LogP contribution in [0.3, 0.4) is 0 Å². The van der Waals surface area contributed by atoms with Gasteiger partial charge in [0.05, 0.1) is 31.0 Å². The van der Waals surface area contributed by atoms with Crippen LogP contribution in [0.5, 0.6) is 0 Å². The van der Waals surface area contributed by atoms with Crippen LogP contribution in [-0.2, 0) is 11.3 Å². The fourth-order valence-corrected chi connectivity index (χ4v) is 1.76. The van der Waals surface area contributed by atoms with Gasteiger partial charge in [0.2, 0.25) is 0 Å². The molecule has 17 heavy (non-hydrogen) atoms. The van der Waals surface area contributed by atoms with Crippen LogP contribution in [0, 0.1) is 0 Å². The molecule has 0 bridgehead atoms. The highest BCUT2D eigenvalue weighted by Gasteiger charge is 2.08. The summed E-state index contributed by atoms with van der Waals surface area (Å²) in [6, 6.07) is 5.91. The molecule has 5 nitrogen and oxygen atoms in total. The first-order valence-corrected chi connectivity index (χ1v) is 5.59. The molecule has 0 saturated heterocycles. The van der Waals surface area contributed by atoms with Gasteiger partial charge in [0.1, 0.15) is 0 Å². The second-order valence-electron chi connectivity index (χ2n) is 3.92. The highest BCUT2D eigenvalue weighted by molar-refractivity contribution is 5.53. The van der Waals surface area contributed by atoms with Crippen LogP contribution in [0.2, 0.25) is 0 Å². The zero-order chi connectivity index (χ0) is 12.1. The first-order valence-electron chi connectivity index (χ1n) is 5.59. The van der Waals surface area contributed by atoms with E-state index < -0.39 is 0 Å². The zero-order valence-electron chi connectivity index (χ0n) is 9.84. The second-order valence-corrected chi connectivity index (χ2v) is 3.92. The van der Waals surface area contributed by atoms with Gasteiger partial charge in [-0.25, -0.2) is 4.52 Å². The smallest absolute Gasteiger partial charge is 0.0706 e. The average molecular weight is 235 g/mol. The van der Waals surface area contributed by atoms with Crippen molar-refractivity contribution in [3.8, 4) is 0 Å². The predicted octanol–water partition coefficient (Wildman–Crippen LogP) is 0.431. The van der Waals surface area contributed by atoms with Gasteiger partial charge in [0.25, 0.3) is 0 Å². The number of nitrogens with zero attached hydrogens (tertiary/aromatic N) is 2. The molecule has 0 aliphatic carbocycles. The first kappa shape index (κ1) is 12.0. The molecule has 0 spiro atoms. The fraction of sp³-hybridized carbons (Fsp3) is 0.417. The van der Waals surface area contributed by atoms with Gasteiger partial charge < -0.3 is 15.2 Å². The third-order valence-corrected chi connectivity index (χ3v) is 2.68. The number of methoxy groups -OCH3 is 1. The minimum Gasteiger partial charge on any atom is -0.395 e. The Hall–Kier alpha value is -1.43. The molecule has 2 aromatic rings. The summed E-state index contributed by atoms with van der Waals surface area (Å²) in [6.45, 7) is 1.23. The number of pyridine rings is 1. The molecule has 0 amide bonds. The van der Waals surface area contributed by atoms with Gasteiger partial charge in [-0.1, -0.05) is 6.07 Å². The number of rotatable bonds is 6. The third-order valence-electron chi connectivity index (χ3n) is 2.68. The quantitative estimate of drug-likeness (QED) is 0.762. The number of nitrogens with one attached hydrogen (secondary N) is 1. The molecule has 1 atom stereocenters. The molecule has 92 valence electrons. The van der Waals surface area contributed by atoms with Crippen LogP contribution in [0.25, 0.3) is 5.52 Å². The Morgan fingerprint density at radius 2 is 2.41 bits per heavy atom. The largest absolute Gasteiger partial charge is 0.395 e. The Kier molecular flexibility index (Phi) is 4.08. The summed E-state index contributed by atoms with van der Waals surface area (Å²) in [5.41, 5.74) is 2.19. The lowest BCUT2D eigenvalue weighted by Crippen LogP contribution is -2.35. The van der Waals surface area contributed by atoms with Crippen LogP contribution in [0.4, 0.5) is 0 Å². The van der Waals surface area contributed by atoms with E-state index in [0.29, 0.717) is 13.2 Å². The maximum absolute atomic E-state index is 9.14. The SMILES string of the molecule is COCC(CO)NCc1cnn2ccccc12. The molecule has 2 rings (SSSR count). The molecule has 0 radical (unpaired) electrons. The van der Waals surface area contributed by atoms with Crippen LogP contribution in [0.15, 0.2) is 30.6 Å². The molecular weight excluding hydrogens is 218 g/mol. The van der Waals surface area contributed by atoms with E-state index in [1.165, 1.54) is 0 Å². The number of fused-ring (bicyclic) bond motifs is 1. The number of ether oxygens (including phenoxy) is 1. The maximum Gasteiger partial charge on any atom is 0.0706 e. The molecule has 2 N–H and O–H groups in total. The highest BCUT2D eigenvalue weighted by atomic mass is 16.5. The van der Waals surface area contributed by atoms with Gasteiger partial charge in [0, 0.05) is 25.4 Å².